The molecule has 0 saturated heterocycles. The molecule has 0 fully saturated rings. The van der Waals surface area contributed by atoms with E-state index in [9.17, 15) is 10.1 Å². The SMILES string of the molecule is CCNC(C)c1nnc(-c2ccc(Cl)cc2[N+](=O)[O-])s1. The molecule has 6 nitrogen and oxygen atoms in total. The minimum Gasteiger partial charge on any atom is -0.308 e. The van der Waals surface area contributed by atoms with Crippen LogP contribution in [-0.2, 0) is 0 Å². The van der Waals surface area contributed by atoms with E-state index in [0.717, 1.165) is 11.6 Å². The van der Waals surface area contributed by atoms with Crippen molar-refractivity contribution < 1.29 is 4.92 Å². The summed E-state index contributed by atoms with van der Waals surface area (Å²) >= 11 is 7.14. The smallest absolute Gasteiger partial charge is 0.281 e. The summed E-state index contributed by atoms with van der Waals surface area (Å²) < 4.78 is 0. The highest BCUT2D eigenvalue weighted by Crippen LogP contribution is 2.34. The van der Waals surface area contributed by atoms with Gasteiger partial charge in [0, 0.05) is 11.1 Å². The summed E-state index contributed by atoms with van der Waals surface area (Å²) in [5.74, 6) is 0. The van der Waals surface area contributed by atoms with Crippen LogP contribution < -0.4 is 5.32 Å². The molecule has 0 amide bonds. The molecular weight excluding hydrogens is 300 g/mol. The number of aromatic nitrogens is 2. The molecule has 20 heavy (non-hydrogen) atoms. The molecule has 0 aliphatic heterocycles. The maximum absolute atomic E-state index is 11.1. The third kappa shape index (κ3) is 3.12. The lowest BCUT2D eigenvalue weighted by Gasteiger charge is -2.06. The van der Waals surface area contributed by atoms with E-state index >= 15 is 0 Å². The molecule has 0 aliphatic rings. The minimum absolute atomic E-state index is 0.0590. The molecule has 1 heterocycles. The second kappa shape index (κ2) is 6.25. The fourth-order valence-electron chi connectivity index (χ4n) is 1.75. The van der Waals surface area contributed by atoms with Gasteiger partial charge in [-0.1, -0.05) is 29.9 Å². The van der Waals surface area contributed by atoms with E-state index in [1.807, 2.05) is 13.8 Å². The number of nitro groups is 1. The van der Waals surface area contributed by atoms with Crippen molar-refractivity contribution in [1.29, 1.82) is 0 Å². The maximum Gasteiger partial charge on any atom is 0.281 e. The predicted molar refractivity (Wildman–Crippen MR) is 79.1 cm³/mol. The van der Waals surface area contributed by atoms with E-state index in [1.165, 1.54) is 17.4 Å². The Bertz CT molecular complexity index is 632. The largest absolute Gasteiger partial charge is 0.308 e. The van der Waals surface area contributed by atoms with Gasteiger partial charge in [0.1, 0.15) is 5.01 Å². The molecular formula is C12H13ClN4O2S. The van der Waals surface area contributed by atoms with E-state index in [2.05, 4.69) is 15.5 Å². The third-order valence-corrected chi connectivity index (χ3v) is 4.08. The van der Waals surface area contributed by atoms with Crippen molar-refractivity contribution in [2.45, 2.75) is 19.9 Å². The van der Waals surface area contributed by atoms with Crippen molar-refractivity contribution in [3.8, 4) is 10.6 Å². The van der Waals surface area contributed by atoms with Gasteiger partial charge in [0.05, 0.1) is 16.5 Å². The molecule has 106 valence electrons. The monoisotopic (exact) mass is 312 g/mol. The molecule has 0 saturated carbocycles. The van der Waals surface area contributed by atoms with Gasteiger partial charge in [-0.3, -0.25) is 10.1 Å². The molecule has 0 aliphatic carbocycles. The first-order valence-corrected chi connectivity index (χ1v) is 7.23. The van der Waals surface area contributed by atoms with Crippen LogP contribution in [0.4, 0.5) is 5.69 Å². The Hall–Kier alpha value is -1.57. The number of benzene rings is 1. The van der Waals surface area contributed by atoms with Crippen LogP contribution in [0, 0.1) is 10.1 Å². The second-order valence-electron chi connectivity index (χ2n) is 4.14. The summed E-state index contributed by atoms with van der Waals surface area (Å²) in [7, 11) is 0. The Morgan fingerprint density at radius 2 is 2.25 bits per heavy atom. The highest BCUT2D eigenvalue weighted by Gasteiger charge is 2.20. The van der Waals surface area contributed by atoms with Gasteiger partial charge in [-0.25, -0.2) is 0 Å². The maximum atomic E-state index is 11.1. The summed E-state index contributed by atoms with van der Waals surface area (Å²) in [6, 6.07) is 4.60. The Morgan fingerprint density at radius 3 is 2.90 bits per heavy atom. The number of halogens is 1. The lowest BCUT2D eigenvalue weighted by Crippen LogP contribution is -2.17. The van der Waals surface area contributed by atoms with Gasteiger partial charge < -0.3 is 5.32 Å². The van der Waals surface area contributed by atoms with Gasteiger partial charge >= 0.3 is 0 Å². The van der Waals surface area contributed by atoms with Crippen LogP contribution in [0.25, 0.3) is 10.6 Å². The zero-order chi connectivity index (χ0) is 14.7. The average molecular weight is 313 g/mol. The molecule has 8 heteroatoms. The van der Waals surface area contributed by atoms with E-state index in [1.54, 1.807) is 12.1 Å². The fraction of sp³-hybridized carbons (Fsp3) is 0.333. The molecule has 2 rings (SSSR count). The van der Waals surface area contributed by atoms with Crippen LogP contribution in [0.3, 0.4) is 0 Å². The van der Waals surface area contributed by atoms with Crippen molar-refractivity contribution in [3.63, 3.8) is 0 Å². The average Bonchev–Trinajstić information content (AvgIpc) is 2.88. The van der Waals surface area contributed by atoms with Crippen molar-refractivity contribution in [1.82, 2.24) is 15.5 Å². The second-order valence-corrected chi connectivity index (χ2v) is 5.59. The molecule has 1 aromatic heterocycles. The van der Waals surface area contributed by atoms with Crippen molar-refractivity contribution in [3.05, 3.63) is 38.3 Å². The zero-order valence-electron chi connectivity index (χ0n) is 11.0. The topological polar surface area (TPSA) is 81.0 Å². The molecule has 0 radical (unpaired) electrons. The standard InChI is InChI=1S/C12H13ClN4O2S/c1-3-14-7(2)11-15-16-12(20-11)9-5-4-8(13)6-10(9)17(18)19/h4-7,14H,3H2,1-2H3. The molecule has 2 aromatic rings. The van der Waals surface area contributed by atoms with Crippen molar-refractivity contribution in [2.24, 2.45) is 0 Å². The van der Waals surface area contributed by atoms with Crippen LogP contribution in [0.5, 0.6) is 0 Å². The van der Waals surface area contributed by atoms with Gasteiger partial charge in [-0.15, -0.1) is 10.2 Å². The summed E-state index contributed by atoms with van der Waals surface area (Å²) in [5.41, 5.74) is 0.378. The van der Waals surface area contributed by atoms with Crippen LogP contribution >= 0.6 is 22.9 Å². The molecule has 1 N–H and O–H groups in total. The van der Waals surface area contributed by atoms with Gasteiger partial charge in [0.15, 0.2) is 5.01 Å². The van der Waals surface area contributed by atoms with E-state index in [0.29, 0.717) is 15.6 Å². The lowest BCUT2D eigenvalue weighted by molar-refractivity contribution is -0.384. The van der Waals surface area contributed by atoms with Crippen molar-refractivity contribution >= 4 is 28.6 Å². The molecule has 0 spiro atoms. The number of nitrogens with zero attached hydrogens (tertiary/aromatic N) is 3. The summed E-state index contributed by atoms with van der Waals surface area (Å²) in [6.45, 7) is 4.80. The Labute approximate surface area is 125 Å². The quantitative estimate of drug-likeness (QED) is 0.675. The predicted octanol–water partition coefficient (Wildman–Crippen LogP) is 3.44. The molecule has 1 atom stereocenters. The minimum atomic E-state index is -0.462. The van der Waals surface area contributed by atoms with E-state index in [-0.39, 0.29) is 11.7 Å². The first-order chi connectivity index (χ1) is 9.52. The Kier molecular flexibility index (Phi) is 4.64. The number of hydrogen-bond acceptors (Lipinski definition) is 6. The molecule has 1 unspecified atom stereocenters. The van der Waals surface area contributed by atoms with Crippen molar-refractivity contribution in [2.75, 3.05) is 6.54 Å². The Balaban J connectivity index is 2.40. The van der Waals surface area contributed by atoms with Crippen LogP contribution in [0.2, 0.25) is 5.02 Å². The highest BCUT2D eigenvalue weighted by atomic mass is 35.5. The highest BCUT2D eigenvalue weighted by molar-refractivity contribution is 7.14. The summed E-state index contributed by atoms with van der Waals surface area (Å²) in [4.78, 5) is 10.6. The van der Waals surface area contributed by atoms with Crippen LogP contribution in [-0.4, -0.2) is 21.7 Å². The summed E-state index contributed by atoms with van der Waals surface area (Å²) in [5, 5.41) is 24.1. The van der Waals surface area contributed by atoms with Gasteiger partial charge in [-0.2, -0.15) is 0 Å². The molecule has 1 aromatic carbocycles. The summed E-state index contributed by atoms with van der Waals surface area (Å²) in [6.07, 6.45) is 0. The Morgan fingerprint density at radius 1 is 1.50 bits per heavy atom. The number of nitrogens with one attached hydrogen (secondary N) is 1. The fourth-order valence-corrected chi connectivity index (χ4v) is 2.82. The normalized spacial score (nSPS) is 12.3. The van der Waals surface area contributed by atoms with E-state index in [4.69, 9.17) is 11.6 Å². The molecule has 0 bridgehead atoms. The number of hydrogen-bond donors (Lipinski definition) is 1. The zero-order valence-corrected chi connectivity index (χ0v) is 12.5. The van der Waals surface area contributed by atoms with E-state index < -0.39 is 4.92 Å². The first-order valence-electron chi connectivity index (χ1n) is 6.04. The van der Waals surface area contributed by atoms with Crippen LogP contribution in [0.15, 0.2) is 18.2 Å². The third-order valence-electron chi connectivity index (χ3n) is 2.71. The lowest BCUT2D eigenvalue weighted by atomic mass is 10.2. The van der Waals surface area contributed by atoms with Gasteiger partial charge in [0.2, 0.25) is 0 Å². The van der Waals surface area contributed by atoms with Gasteiger partial charge in [-0.05, 0) is 25.6 Å². The van der Waals surface area contributed by atoms with Crippen LogP contribution in [0.1, 0.15) is 24.9 Å². The first kappa shape index (κ1) is 14.8. The number of rotatable bonds is 5. The number of nitro benzene ring substituents is 1. The van der Waals surface area contributed by atoms with Gasteiger partial charge in [0.25, 0.3) is 5.69 Å².